The van der Waals surface area contributed by atoms with Crippen molar-refractivity contribution < 1.29 is 17.0 Å². The van der Waals surface area contributed by atoms with Gasteiger partial charge in [-0.15, -0.1) is 81.2 Å². The first kappa shape index (κ1) is 20.3. The molecule has 0 nitrogen and oxygen atoms in total. The van der Waals surface area contributed by atoms with Gasteiger partial charge >= 0.3 is 35.6 Å². The van der Waals surface area contributed by atoms with E-state index in [2.05, 4.69) is 88.4 Å². The number of hydrogen-bond acceptors (Lipinski definition) is 0. The van der Waals surface area contributed by atoms with Crippen LogP contribution in [0.1, 0.15) is 22.3 Å². The Kier molecular flexibility index (Phi) is 7.78. The van der Waals surface area contributed by atoms with E-state index in [0.29, 0.717) is 0 Å². The molecule has 25 heavy (non-hydrogen) atoms. The van der Waals surface area contributed by atoms with Gasteiger partial charge in [-0.2, -0.15) is 11.1 Å². The molecule has 0 saturated heterocycles. The third kappa shape index (κ3) is 4.99. The van der Waals surface area contributed by atoms with Gasteiger partial charge in [0.1, 0.15) is 0 Å². The Morgan fingerprint density at radius 2 is 0.960 bits per heavy atom. The van der Waals surface area contributed by atoms with Crippen LogP contribution < -0.4 is 0 Å². The standard InChI is InChI=1S/2C11H11.2ClH.Ti/c2*1-8-7-10-5-3-4-6-11(10)9(8)2;;;/h2*3-7H,1-2H3;2*1H;/q2*-1;;;+2/p-2. The molecule has 0 unspecified atom stereocenters. The summed E-state index contributed by atoms with van der Waals surface area (Å²) in [5.41, 5.74) is 5.62. The van der Waals surface area contributed by atoms with Gasteiger partial charge in [-0.3, -0.25) is 0 Å². The van der Waals surface area contributed by atoms with E-state index in [-0.39, 0.29) is 0 Å². The first-order chi connectivity index (χ1) is 12.0. The molecule has 0 N–H and O–H groups in total. The van der Waals surface area contributed by atoms with Crippen LogP contribution in [0.3, 0.4) is 0 Å². The summed E-state index contributed by atoms with van der Waals surface area (Å²) in [6.45, 7) is 8.68. The predicted molar refractivity (Wildman–Crippen MR) is 110 cm³/mol. The molecular formula is C22H22Cl2Ti-2. The normalized spacial score (nSPS) is 10.0. The molecule has 0 heterocycles. The monoisotopic (exact) mass is 404 g/mol. The number of halogens is 2. The van der Waals surface area contributed by atoms with Crippen molar-refractivity contribution in [3.8, 4) is 0 Å². The topological polar surface area (TPSA) is 0 Å². The van der Waals surface area contributed by atoms with E-state index < -0.39 is 17.0 Å². The number of hydrogen-bond donors (Lipinski definition) is 0. The average molecular weight is 405 g/mol. The quantitative estimate of drug-likeness (QED) is 0.208. The van der Waals surface area contributed by atoms with Crippen molar-refractivity contribution in [2.24, 2.45) is 0 Å². The molecule has 0 aromatic heterocycles. The summed E-state index contributed by atoms with van der Waals surface area (Å²) in [5.74, 6) is 0. The molecule has 130 valence electrons. The van der Waals surface area contributed by atoms with Gasteiger partial charge in [0.2, 0.25) is 0 Å². The van der Waals surface area contributed by atoms with Crippen LogP contribution in [0.2, 0.25) is 0 Å². The van der Waals surface area contributed by atoms with E-state index in [4.69, 9.17) is 18.6 Å². The maximum atomic E-state index is 4.89. The van der Waals surface area contributed by atoms with E-state index in [0.717, 1.165) is 0 Å². The average Bonchev–Trinajstić information content (AvgIpc) is 3.06. The Balaban J connectivity index is 0.000000156. The minimum atomic E-state index is -0.556. The van der Waals surface area contributed by atoms with Gasteiger partial charge in [0.15, 0.2) is 0 Å². The van der Waals surface area contributed by atoms with Gasteiger partial charge < -0.3 is 0 Å². The molecule has 4 aromatic carbocycles. The first-order valence-corrected chi connectivity index (χ1v) is 12.5. The second kappa shape index (κ2) is 9.60. The Morgan fingerprint density at radius 1 is 0.640 bits per heavy atom. The molecular weight excluding hydrogens is 383 g/mol. The van der Waals surface area contributed by atoms with Gasteiger partial charge in [-0.1, -0.05) is 39.8 Å². The zero-order valence-electron chi connectivity index (χ0n) is 15.0. The molecule has 4 rings (SSSR count). The van der Waals surface area contributed by atoms with Crippen LogP contribution in [-0.2, 0) is 17.0 Å². The summed E-state index contributed by atoms with van der Waals surface area (Å²) >= 11 is -0.556. The van der Waals surface area contributed by atoms with Crippen molar-refractivity contribution in [1.82, 2.24) is 0 Å². The van der Waals surface area contributed by atoms with Crippen molar-refractivity contribution >= 4 is 40.2 Å². The molecule has 0 saturated carbocycles. The van der Waals surface area contributed by atoms with Crippen LogP contribution in [0.5, 0.6) is 0 Å². The molecule has 0 radical (unpaired) electrons. The first-order valence-electron chi connectivity index (χ1n) is 8.19. The van der Waals surface area contributed by atoms with Crippen LogP contribution in [0.15, 0.2) is 60.7 Å². The predicted octanol–water partition coefficient (Wildman–Crippen LogP) is 7.73. The molecule has 3 heteroatoms. The van der Waals surface area contributed by atoms with Crippen LogP contribution in [0.25, 0.3) is 21.5 Å². The van der Waals surface area contributed by atoms with Crippen LogP contribution >= 0.6 is 18.6 Å². The van der Waals surface area contributed by atoms with Crippen molar-refractivity contribution in [2.45, 2.75) is 27.7 Å². The van der Waals surface area contributed by atoms with Crippen molar-refractivity contribution in [1.29, 1.82) is 0 Å². The van der Waals surface area contributed by atoms with E-state index in [9.17, 15) is 0 Å². The Hall–Kier alpha value is -1.05. The molecule has 0 aliphatic rings. The maximum absolute atomic E-state index is 4.89. The van der Waals surface area contributed by atoms with E-state index in [1.807, 2.05) is 0 Å². The minimum absolute atomic E-state index is 0.556. The zero-order chi connectivity index (χ0) is 18.4. The van der Waals surface area contributed by atoms with Gasteiger partial charge in [0.25, 0.3) is 0 Å². The zero-order valence-corrected chi connectivity index (χ0v) is 18.1. The summed E-state index contributed by atoms with van der Waals surface area (Å²) in [5, 5.41) is 5.51. The molecule has 0 aliphatic heterocycles. The molecule has 0 atom stereocenters. The van der Waals surface area contributed by atoms with Crippen LogP contribution in [0.4, 0.5) is 0 Å². The summed E-state index contributed by atoms with van der Waals surface area (Å²) in [6, 6.07) is 21.5. The number of benzene rings is 2. The summed E-state index contributed by atoms with van der Waals surface area (Å²) < 4.78 is 0. The third-order valence-electron chi connectivity index (χ3n) is 4.66. The van der Waals surface area contributed by atoms with E-state index in [1.54, 1.807) is 0 Å². The Morgan fingerprint density at radius 3 is 1.28 bits per heavy atom. The summed E-state index contributed by atoms with van der Waals surface area (Å²) in [4.78, 5) is 0. The molecule has 0 bridgehead atoms. The second-order valence-corrected chi connectivity index (χ2v) is 8.73. The summed E-state index contributed by atoms with van der Waals surface area (Å²) in [6.07, 6.45) is 0. The Bertz CT molecular complexity index is 869. The second-order valence-electron chi connectivity index (χ2n) is 6.15. The van der Waals surface area contributed by atoms with Crippen molar-refractivity contribution in [3.63, 3.8) is 0 Å². The number of fused-ring (bicyclic) bond motifs is 2. The van der Waals surface area contributed by atoms with Crippen LogP contribution in [0, 0.1) is 27.7 Å². The fraction of sp³-hybridized carbons (Fsp3) is 0.182. The van der Waals surface area contributed by atoms with Crippen LogP contribution in [-0.4, -0.2) is 0 Å². The summed E-state index contributed by atoms with van der Waals surface area (Å²) in [7, 11) is 9.78. The van der Waals surface area contributed by atoms with Gasteiger partial charge in [0.05, 0.1) is 0 Å². The number of aryl methyl sites for hydroxylation is 4. The SMILES string of the molecule is Cc1[cH-]c2ccccc2c1C.Cc1[cH-]c2ccccc2c1C.[Cl][Ti][Cl]. The molecule has 0 amide bonds. The number of rotatable bonds is 0. The van der Waals surface area contributed by atoms with Crippen molar-refractivity contribution in [3.05, 3.63) is 82.9 Å². The molecule has 0 spiro atoms. The van der Waals surface area contributed by atoms with E-state index >= 15 is 0 Å². The Labute approximate surface area is 167 Å². The molecule has 0 aliphatic carbocycles. The van der Waals surface area contributed by atoms with Gasteiger partial charge in [0, 0.05) is 0 Å². The third-order valence-corrected chi connectivity index (χ3v) is 4.66. The fourth-order valence-corrected chi connectivity index (χ4v) is 3.04. The molecule has 4 aromatic rings. The van der Waals surface area contributed by atoms with E-state index in [1.165, 1.54) is 43.8 Å². The van der Waals surface area contributed by atoms with Gasteiger partial charge in [-0.25, -0.2) is 0 Å². The van der Waals surface area contributed by atoms with Crippen molar-refractivity contribution in [2.75, 3.05) is 0 Å². The van der Waals surface area contributed by atoms with Gasteiger partial charge in [-0.05, 0) is 0 Å². The fourth-order valence-electron chi connectivity index (χ4n) is 3.04. The molecule has 0 fully saturated rings.